The van der Waals surface area contributed by atoms with Crippen molar-refractivity contribution < 1.29 is 22.8 Å². The van der Waals surface area contributed by atoms with Gasteiger partial charge in [0.25, 0.3) is 18.1 Å². The second-order valence-electron chi connectivity index (χ2n) is 17.0. The van der Waals surface area contributed by atoms with Crippen molar-refractivity contribution in [2.24, 2.45) is 0 Å². The lowest BCUT2D eigenvalue weighted by molar-refractivity contribution is 0.129. The summed E-state index contributed by atoms with van der Waals surface area (Å²) in [5.41, 5.74) is 6.01. The van der Waals surface area contributed by atoms with E-state index in [0.29, 0.717) is 21.5 Å². The SMILES string of the molecule is Cc1c(OC(C)(C)C)cc(C(C)(C)C)c(OPOc2ccc(Cl)cc2)c1-c1c(C)c(C(C)(C)C)cc(C(C)(C)C)c1OPOc1ccc(Cl)cc1. The molecule has 0 amide bonds. The Labute approximate surface area is 320 Å². The van der Waals surface area contributed by atoms with Crippen molar-refractivity contribution in [2.75, 3.05) is 0 Å². The summed E-state index contributed by atoms with van der Waals surface area (Å²) in [6, 6.07) is 19.1. The van der Waals surface area contributed by atoms with Gasteiger partial charge in [-0.25, -0.2) is 0 Å². The van der Waals surface area contributed by atoms with Crippen LogP contribution in [0.3, 0.4) is 0 Å². The summed E-state index contributed by atoms with van der Waals surface area (Å²) in [6.45, 7) is 30.5. The molecule has 9 heteroatoms. The van der Waals surface area contributed by atoms with Crippen molar-refractivity contribution >= 4 is 41.3 Å². The fourth-order valence-electron chi connectivity index (χ4n) is 5.86. The van der Waals surface area contributed by atoms with Crippen LogP contribution in [0, 0.1) is 13.8 Å². The first kappa shape index (κ1) is 41.1. The highest BCUT2D eigenvalue weighted by Gasteiger charge is 2.35. The van der Waals surface area contributed by atoms with Gasteiger partial charge in [-0.15, -0.1) is 0 Å². The van der Waals surface area contributed by atoms with Crippen molar-refractivity contribution in [1.82, 2.24) is 0 Å². The van der Waals surface area contributed by atoms with Gasteiger partial charge in [0.2, 0.25) is 0 Å². The molecule has 51 heavy (non-hydrogen) atoms. The van der Waals surface area contributed by atoms with E-state index >= 15 is 0 Å². The Balaban J connectivity index is 2.07. The predicted octanol–water partition coefficient (Wildman–Crippen LogP) is 14.3. The van der Waals surface area contributed by atoms with Crippen molar-refractivity contribution in [3.05, 3.63) is 98.5 Å². The van der Waals surface area contributed by atoms with Crippen molar-refractivity contribution in [2.45, 2.75) is 119 Å². The zero-order chi connectivity index (χ0) is 38.1. The standard InChI is InChI=1S/C42H54Cl2O5P2/c1-25-31(39(3,4)5)23-32(40(6,7)8)37(48-50-46-29-19-15-27(43)16-20-29)35(25)36-26(2)34(45-42(12,13)14)24-33(41(9,10)11)38(36)49-51-47-30-21-17-28(44)18-22-30/h15-24,50-51H,1-14H3. The van der Waals surface area contributed by atoms with Gasteiger partial charge in [0, 0.05) is 37.9 Å². The van der Waals surface area contributed by atoms with E-state index in [-0.39, 0.29) is 34.3 Å². The van der Waals surface area contributed by atoms with Crippen LogP contribution in [0.1, 0.15) is 111 Å². The van der Waals surface area contributed by atoms with E-state index in [0.717, 1.165) is 50.6 Å². The van der Waals surface area contributed by atoms with Crippen molar-refractivity contribution in [3.8, 4) is 39.9 Å². The van der Waals surface area contributed by atoms with Gasteiger partial charge in [0.15, 0.2) is 0 Å². The van der Waals surface area contributed by atoms with Gasteiger partial charge in [0.05, 0.1) is 0 Å². The number of rotatable bonds is 10. The Hall–Kier alpha value is -2.68. The molecule has 0 N–H and O–H groups in total. The molecule has 0 heterocycles. The fourth-order valence-corrected chi connectivity index (χ4v) is 7.25. The molecule has 4 rings (SSSR count). The molecule has 0 bridgehead atoms. The van der Waals surface area contributed by atoms with Crippen LogP contribution in [0.5, 0.6) is 28.7 Å². The van der Waals surface area contributed by atoms with Gasteiger partial charge in [-0.2, -0.15) is 0 Å². The number of benzene rings is 4. The van der Waals surface area contributed by atoms with Gasteiger partial charge in [-0.1, -0.05) is 91.6 Å². The van der Waals surface area contributed by atoms with Crippen LogP contribution in [0.4, 0.5) is 0 Å². The van der Waals surface area contributed by atoms with Gasteiger partial charge in [-0.3, -0.25) is 0 Å². The third-order valence-electron chi connectivity index (χ3n) is 8.36. The lowest BCUT2D eigenvalue weighted by Crippen LogP contribution is -2.24. The van der Waals surface area contributed by atoms with Crippen LogP contribution in [-0.4, -0.2) is 5.60 Å². The van der Waals surface area contributed by atoms with Crippen LogP contribution in [-0.2, 0) is 16.2 Å². The molecule has 0 aromatic heterocycles. The summed E-state index contributed by atoms with van der Waals surface area (Å²) in [5, 5.41) is 1.29. The highest BCUT2D eigenvalue weighted by atomic mass is 35.5. The predicted molar refractivity (Wildman–Crippen MR) is 220 cm³/mol. The second kappa shape index (κ2) is 15.7. The highest BCUT2D eigenvalue weighted by molar-refractivity contribution is 7.27. The minimum absolute atomic E-state index is 0.166. The van der Waals surface area contributed by atoms with Gasteiger partial charge < -0.3 is 22.8 Å². The van der Waals surface area contributed by atoms with Gasteiger partial charge in [-0.05, 0) is 117 Å². The molecule has 2 atom stereocenters. The topological polar surface area (TPSA) is 46.2 Å². The van der Waals surface area contributed by atoms with Crippen LogP contribution in [0.15, 0.2) is 60.7 Å². The Bertz CT molecular complexity index is 1830. The van der Waals surface area contributed by atoms with Crippen LogP contribution < -0.4 is 22.8 Å². The van der Waals surface area contributed by atoms with E-state index in [1.165, 1.54) is 5.56 Å². The van der Waals surface area contributed by atoms with Gasteiger partial charge in [0.1, 0.15) is 34.3 Å². The molecule has 0 aliphatic rings. The van der Waals surface area contributed by atoms with E-state index in [2.05, 4.69) is 109 Å². The summed E-state index contributed by atoms with van der Waals surface area (Å²) >= 11 is 12.3. The fraction of sp³-hybridized carbons (Fsp3) is 0.429. The molecular weight excluding hydrogens is 717 g/mol. The molecule has 4 aromatic carbocycles. The molecule has 0 aliphatic carbocycles. The zero-order valence-corrected chi connectivity index (χ0v) is 36.1. The maximum Gasteiger partial charge on any atom is 0.275 e. The van der Waals surface area contributed by atoms with E-state index < -0.39 is 5.60 Å². The lowest BCUT2D eigenvalue weighted by atomic mass is 9.74. The monoisotopic (exact) mass is 770 g/mol. The molecule has 276 valence electrons. The zero-order valence-electron chi connectivity index (χ0n) is 32.6. The quantitative estimate of drug-likeness (QED) is 0.150. The molecule has 0 radical (unpaired) electrons. The minimum atomic E-state index is -0.439. The maximum atomic E-state index is 6.83. The summed E-state index contributed by atoms with van der Waals surface area (Å²) in [4.78, 5) is 0. The van der Waals surface area contributed by atoms with E-state index in [4.69, 9.17) is 46.0 Å². The number of halogens is 2. The molecule has 5 nitrogen and oxygen atoms in total. The van der Waals surface area contributed by atoms with Gasteiger partial charge >= 0.3 is 0 Å². The van der Waals surface area contributed by atoms with Crippen LogP contribution in [0.2, 0.25) is 10.0 Å². The van der Waals surface area contributed by atoms with Crippen molar-refractivity contribution in [3.63, 3.8) is 0 Å². The summed E-state index contributed by atoms with van der Waals surface area (Å²) in [5.74, 6) is 3.63. The van der Waals surface area contributed by atoms with Crippen molar-refractivity contribution in [1.29, 1.82) is 0 Å². The summed E-state index contributed by atoms with van der Waals surface area (Å²) in [6.07, 6.45) is 0. The van der Waals surface area contributed by atoms with Crippen LogP contribution in [0.25, 0.3) is 11.1 Å². The Kier molecular flexibility index (Phi) is 12.7. The molecule has 2 unspecified atom stereocenters. The average molecular weight is 772 g/mol. The first-order valence-electron chi connectivity index (χ1n) is 17.2. The molecular formula is C42H54Cl2O5P2. The third kappa shape index (κ3) is 10.5. The molecule has 0 saturated heterocycles. The van der Waals surface area contributed by atoms with Crippen LogP contribution >= 0.6 is 41.3 Å². The normalized spacial score (nSPS) is 12.9. The molecule has 0 spiro atoms. The second-order valence-corrected chi connectivity index (χ2v) is 19.0. The Morgan fingerprint density at radius 3 is 1.22 bits per heavy atom. The number of hydrogen-bond donors (Lipinski definition) is 0. The third-order valence-corrected chi connectivity index (χ3v) is 10.1. The Morgan fingerprint density at radius 2 is 0.843 bits per heavy atom. The highest BCUT2D eigenvalue weighted by Crippen LogP contribution is 2.55. The first-order valence-corrected chi connectivity index (χ1v) is 19.6. The molecule has 0 aliphatic heterocycles. The first-order chi connectivity index (χ1) is 23.5. The molecule has 0 fully saturated rings. The molecule has 0 saturated carbocycles. The Morgan fingerprint density at radius 1 is 0.471 bits per heavy atom. The molecule has 4 aromatic rings. The average Bonchev–Trinajstić information content (AvgIpc) is 2.98. The number of ether oxygens (including phenoxy) is 1. The summed E-state index contributed by atoms with van der Waals surface area (Å²) < 4.78 is 32.7. The van der Waals surface area contributed by atoms with E-state index in [9.17, 15) is 0 Å². The number of hydrogen-bond acceptors (Lipinski definition) is 5. The lowest BCUT2D eigenvalue weighted by Gasteiger charge is -2.34. The largest absolute Gasteiger partial charge is 0.488 e. The minimum Gasteiger partial charge on any atom is -0.488 e. The van der Waals surface area contributed by atoms with E-state index in [1.807, 2.05) is 48.5 Å². The summed E-state index contributed by atoms with van der Waals surface area (Å²) in [7, 11) is -0.647. The van der Waals surface area contributed by atoms with E-state index in [1.54, 1.807) is 0 Å². The smallest absolute Gasteiger partial charge is 0.275 e. The maximum absolute atomic E-state index is 6.83.